The Morgan fingerprint density at radius 2 is 1.85 bits per heavy atom. The lowest BCUT2D eigenvalue weighted by atomic mass is 10.1. The molecule has 5 nitrogen and oxygen atoms in total. The summed E-state index contributed by atoms with van der Waals surface area (Å²) in [5.41, 5.74) is 6.55. The van der Waals surface area contributed by atoms with Crippen LogP contribution in [0.3, 0.4) is 0 Å². The van der Waals surface area contributed by atoms with Gasteiger partial charge < -0.3 is 10.6 Å². The molecule has 0 atom stereocenters. The van der Waals surface area contributed by atoms with Crippen molar-refractivity contribution in [2.45, 2.75) is 30.2 Å². The molecule has 112 valence electrons. The fourth-order valence-corrected chi connectivity index (χ4v) is 3.72. The minimum Gasteiger partial charge on any atom is -0.330 e. The number of nitrogens with one attached hydrogen (secondary N) is 1. The molecule has 1 aliphatic rings. The predicted molar refractivity (Wildman–Crippen MR) is 80.0 cm³/mol. The number of nitrogens with zero attached hydrogens (tertiary/aromatic N) is 1. The van der Waals surface area contributed by atoms with Gasteiger partial charge in [-0.1, -0.05) is 12.1 Å². The van der Waals surface area contributed by atoms with Gasteiger partial charge in [-0.3, -0.25) is 0 Å². The van der Waals surface area contributed by atoms with Gasteiger partial charge in [0.05, 0.1) is 4.90 Å². The van der Waals surface area contributed by atoms with Gasteiger partial charge in [0.25, 0.3) is 0 Å². The molecule has 1 fully saturated rings. The van der Waals surface area contributed by atoms with Crippen molar-refractivity contribution in [1.82, 2.24) is 9.62 Å². The lowest BCUT2D eigenvalue weighted by molar-refractivity contribution is 0.248. The van der Waals surface area contributed by atoms with E-state index in [4.69, 9.17) is 5.73 Å². The molecule has 0 bridgehead atoms. The maximum absolute atomic E-state index is 12.3. The first-order valence-corrected chi connectivity index (χ1v) is 8.49. The van der Waals surface area contributed by atoms with Crippen LogP contribution in [-0.2, 0) is 16.4 Å². The summed E-state index contributed by atoms with van der Waals surface area (Å²) >= 11 is 0. The van der Waals surface area contributed by atoms with E-state index in [0.29, 0.717) is 11.4 Å². The second-order valence-electron chi connectivity index (χ2n) is 5.38. The Bertz CT molecular complexity index is 520. The van der Waals surface area contributed by atoms with Gasteiger partial charge in [0.1, 0.15) is 0 Å². The van der Waals surface area contributed by atoms with Crippen LogP contribution in [0.2, 0.25) is 0 Å². The number of hydrogen-bond acceptors (Lipinski definition) is 4. The van der Waals surface area contributed by atoms with E-state index in [1.165, 1.54) is 0 Å². The zero-order chi connectivity index (χ0) is 14.6. The van der Waals surface area contributed by atoms with Crippen LogP contribution in [-0.4, -0.2) is 46.0 Å². The van der Waals surface area contributed by atoms with Crippen LogP contribution in [0.5, 0.6) is 0 Å². The van der Waals surface area contributed by atoms with Gasteiger partial charge >= 0.3 is 0 Å². The standard InChI is InChI=1S/C14H23N3O2S/c1-17-10-7-13(8-11-17)16-20(18,19)14-4-2-12(3-5-14)6-9-15/h2-5,13,16H,6-11,15H2,1H3. The van der Waals surface area contributed by atoms with Gasteiger partial charge in [-0.05, 0) is 63.6 Å². The van der Waals surface area contributed by atoms with Crippen molar-refractivity contribution < 1.29 is 8.42 Å². The van der Waals surface area contributed by atoms with Gasteiger partial charge in [-0.15, -0.1) is 0 Å². The number of piperidine rings is 1. The molecular formula is C14H23N3O2S. The highest BCUT2D eigenvalue weighted by Gasteiger charge is 2.23. The van der Waals surface area contributed by atoms with Gasteiger partial charge in [-0.2, -0.15) is 0 Å². The normalized spacial score (nSPS) is 18.3. The molecule has 1 heterocycles. The average molecular weight is 297 g/mol. The molecule has 1 aromatic rings. The summed E-state index contributed by atoms with van der Waals surface area (Å²) in [6.07, 6.45) is 2.49. The Hall–Kier alpha value is -0.950. The van der Waals surface area contributed by atoms with E-state index >= 15 is 0 Å². The van der Waals surface area contributed by atoms with Crippen LogP contribution in [0.15, 0.2) is 29.2 Å². The zero-order valence-electron chi connectivity index (χ0n) is 11.9. The summed E-state index contributed by atoms with van der Waals surface area (Å²) in [6, 6.07) is 7.01. The molecule has 0 aliphatic carbocycles. The van der Waals surface area contributed by atoms with Crippen molar-refractivity contribution in [2.24, 2.45) is 5.73 Å². The largest absolute Gasteiger partial charge is 0.330 e. The topological polar surface area (TPSA) is 75.4 Å². The molecule has 0 aromatic heterocycles. The number of likely N-dealkylation sites (tertiary alicyclic amines) is 1. The fraction of sp³-hybridized carbons (Fsp3) is 0.571. The number of hydrogen-bond donors (Lipinski definition) is 2. The van der Waals surface area contributed by atoms with Crippen LogP contribution < -0.4 is 10.5 Å². The number of sulfonamides is 1. The number of rotatable bonds is 5. The lowest BCUT2D eigenvalue weighted by Gasteiger charge is -2.29. The van der Waals surface area contributed by atoms with Crippen LogP contribution in [0.25, 0.3) is 0 Å². The van der Waals surface area contributed by atoms with E-state index in [-0.39, 0.29) is 6.04 Å². The van der Waals surface area contributed by atoms with E-state index in [0.717, 1.165) is 37.9 Å². The predicted octanol–water partition coefficient (Wildman–Crippen LogP) is 0.560. The molecule has 0 saturated carbocycles. The first-order chi connectivity index (χ1) is 9.51. The van der Waals surface area contributed by atoms with Crippen molar-refractivity contribution in [3.8, 4) is 0 Å². The Morgan fingerprint density at radius 3 is 2.40 bits per heavy atom. The lowest BCUT2D eigenvalue weighted by Crippen LogP contribution is -2.43. The van der Waals surface area contributed by atoms with Crippen LogP contribution in [0, 0.1) is 0 Å². The summed E-state index contributed by atoms with van der Waals surface area (Å²) in [5, 5.41) is 0. The van der Waals surface area contributed by atoms with Crippen molar-refractivity contribution in [3.63, 3.8) is 0 Å². The molecular weight excluding hydrogens is 274 g/mol. The Morgan fingerprint density at radius 1 is 1.25 bits per heavy atom. The Labute approximate surface area is 121 Å². The summed E-state index contributed by atoms with van der Waals surface area (Å²) in [4.78, 5) is 2.55. The molecule has 1 saturated heterocycles. The third-order valence-electron chi connectivity index (χ3n) is 3.71. The summed E-state index contributed by atoms with van der Waals surface area (Å²) in [5.74, 6) is 0. The molecule has 3 N–H and O–H groups in total. The maximum atomic E-state index is 12.3. The average Bonchev–Trinajstić information content (AvgIpc) is 2.42. The van der Waals surface area contributed by atoms with E-state index in [2.05, 4.69) is 16.7 Å². The monoisotopic (exact) mass is 297 g/mol. The van der Waals surface area contributed by atoms with E-state index < -0.39 is 10.0 Å². The molecule has 1 aliphatic heterocycles. The second-order valence-corrected chi connectivity index (χ2v) is 7.10. The van der Waals surface area contributed by atoms with E-state index in [1.54, 1.807) is 12.1 Å². The molecule has 0 unspecified atom stereocenters. The quantitative estimate of drug-likeness (QED) is 0.833. The van der Waals surface area contributed by atoms with Gasteiger partial charge in [0, 0.05) is 6.04 Å². The number of nitrogens with two attached hydrogens (primary N) is 1. The minimum absolute atomic E-state index is 0.0416. The van der Waals surface area contributed by atoms with Crippen LogP contribution in [0.4, 0.5) is 0 Å². The van der Waals surface area contributed by atoms with Crippen molar-refractivity contribution in [2.75, 3.05) is 26.7 Å². The SMILES string of the molecule is CN1CCC(NS(=O)(=O)c2ccc(CCN)cc2)CC1. The molecule has 0 radical (unpaired) electrons. The highest BCUT2D eigenvalue weighted by Crippen LogP contribution is 2.15. The molecule has 0 spiro atoms. The van der Waals surface area contributed by atoms with Crippen molar-refractivity contribution in [3.05, 3.63) is 29.8 Å². The smallest absolute Gasteiger partial charge is 0.240 e. The van der Waals surface area contributed by atoms with Gasteiger partial charge in [0.2, 0.25) is 10.0 Å². The van der Waals surface area contributed by atoms with Gasteiger partial charge in [-0.25, -0.2) is 13.1 Å². The van der Waals surface area contributed by atoms with E-state index in [1.807, 2.05) is 12.1 Å². The molecule has 1 aromatic carbocycles. The van der Waals surface area contributed by atoms with Crippen molar-refractivity contribution in [1.29, 1.82) is 0 Å². The molecule has 2 rings (SSSR count). The summed E-state index contributed by atoms with van der Waals surface area (Å²) < 4.78 is 27.4. The maximum Gasteiger partial charge on any atom is 0.240 e. The zero-order valence-corrected chi connectivity index (χ0v) is 12.7. The summed E-state index contributed by atoms with van der Waals surface area (Å²) in [7, 11) is -1.35. The van der Waals surface area contributed by atoms with Crippen LogP contribution in [0.1, 0.15) is 18.4 Å². The minimum atomic E-state index is -3.41. The Kier molecular flexibility index (Phi) is 5.15. The molecule has 20 heavy (non-hydrogen) atoms. The van der Waals surface area contributed by atoms with Gasteiger partial charge in [0.15, 0.2) is 0 Å². The fourth-order valence-electron chi connectivity index (χ4n) is 2.42. The van der Waals surface area contributed by atoms with E-state index in [9.17, 15) is 8.42 Å². The summed E-state index contributed by atoms with van der Waals surface area (Å²) in [6.45, 7) is 2.44. The first-order valence-electron chi connectivity index (χ1n) is 7.01. The number of benzene rings is 1. The highest BCUT2D eigenvalue weighted by atomic mass is 32.2. The second kappa shape index (κ2) is 6.67. The molecule has 0 amide bonds. The van der Waals surface area contributed by atoms with Crippen molar-refractivity contribution >= 4 is 10.0 Å². The van der Waals surface area contributed by atoms with Crippen LogP contribution >= 0.6 is 0 Å². The Balaban J connectivity index is 2.02. The third-order valence-corrected chi connectivity index (χ3v) is 5.24. The first kappa shape index (κ1) is 15.4. The highest BCUT2D eigenvalue weighted by molar-refractivity contribution is 7.89. The molecule has 6 heteroatoms. The third kappa shape index (κ3) is 4.02.